The Kier molecular flexibility index (Phi) is 4.60. The van der Waals surface area contributed by atoms with Gasteiger partial charge in [-0.3, -0.25) is 4.79 Å². The van der Waals surface area contributed by atoms with Crippen molar-refractivity contribution in [3.05, 3.63) is 59.3 Å². The number of hydrogen-bond donors (Lipinski definition) is 0. The van der Waals surface area contributed by atoms with Crippen molar-refractivity contribution < 1.29 is 9.53 Å². The molecule has 0 saturated carbocycles. The van der Waals surface area contributed by atoms with Gasteiger partial charge in [-0.2, -0.15) is 0 Å². The molecule has 3 rings (SSSR count). The molecule has 4 nitrogen and oxygen atoms in total. The summed E-state index contributed by atoms with van der Waals surface area (Å²) in [5.74, 6) is 0.559. The molecule has 1 amide bonds. The van der Waals surface area contributed by atoms with Crippen molar-refractivity contribution in [2.75, 3.05) is 13.2 Å². The normalized spacial score (nSPS) is 17.3. The van der Waals surface area contributed by atoms with E-state index in [2.05, 4.69) is 24.0 Å². The number of carbonyl (C=O) groups is 1. The Labute approximate surface area is 137 Å². The van der Waals surface area contributed by atoms with Crippen LogP contribution in [0.4, 0.5) is 0 Å². The summed E-state index contributed by atoms with van der Waals surface area (Å²) in [5, 5.41) is 0. The van der Waals surface area contributed by atoms with Crippen LogP contribution in [0.5, 0.6) is 5.88 Å². The van der Waals surface area contributed by atoms with E-state index in [-0.39, 0.29) is 11.9 Å². The zero-order valence-corrected chi connectivity index (χ0v) is 13.7. The largest absolute Gasteiger partial charge is 0.478 e. The second-order valence-electron chi connectivity index (χ2n) is 5.83. The molecule has 0 aliphatic carbocycles. The Morgan fingerprint density at radius 3 is 2.96 bits per heavy atom. The van der Waals surface area contributed by atoms with Crippen LogP contribution in [0.25, 0.3) is 0 Å². The average molecular weight is 310 g/mol. The number of aryl methyl sites for hydroxylation is 1. The lowest BCUT2D eigenvalue weighted by molar-refractivity contribution is 0.0734. The first-order valence-electron chi connectivity index (χ1n) is 8.16. The van der Waals surface area contributed by atoms with Gasteiger partial charge >= 0.3 is 0 Å². The van der Waals surface area contributed by atoms with Crippen molar-refractivity contribution in [2.24, 2.45) is 0 Å². The first-order chi connectivity index (χ1) is 11.2. The molecular weight excluding hydrogens is 288 g/mol. The van der Waals surface area contributed by atoms with Crippen LogP contribution >= 0.6 is 0 Å². The molecule has 1 aromatic carbocycles. The fourth-order valence-electron chi connectivity index (χ4n) is 3.23. The van der Waals surface area contributed by atoms with Gasteiger partial charge in [0.1, 0.15) is 0 Å². The molecule has 1 saturated heterocycles. The summed E-state index contributed by atoms with van der Waals surface area (Å²) in [6.45, 7) is 5.35. The van der Waals surface area contributed by atoms with Crippen LogP contribution in [0.3, 0.4) is 0 Å². The number of pyridine rings is 1. The maximum Gasteiger partial charge on any atom is 0.254 e. The predicted molar refractivity (Wildman–Crippen MR) is 89.6 cm³/mol. The van der Waals surface area contributed by atoms with Gasteiger partial charge in [0.2, 0.25) is 5.88 Å². The number of nitrogens with zero attached hydrogens (tertiary/aromatic N) is 2. The van der Waals surface area contributed by atoms with Gasteiger partial charge in [0.05, 0.1) is 12.6 Å². The highest BCUT2D eigenvalue weighted by molar-refractivity contribution is 5.94. The molecule has 2 heterocycles. The SMILES string of the molecule is CCOc1cc(C(=O)N2CCCC2c2ccccc2C)ccn1. The molecule has 4 heteroatoms. The molecule has 0 radical (unpaired) electrons. The van der Waals surface area contributed by atoms with Crippen LogP contribution < -0.4 is 4.74 Å². The standard InChI is InChI=1S/C19H22N2O2/c1-3-23-18-13-15(10-11-20-18)19(22)21-12-6-9-17(21)16-8-5-4-7-14(16)2/h4-5,7-8,10-11,13,17H,3,6,9,12H2,1-2H3. The van der Waals surface area contributed by atoms with Gasteiger partial charge in [-0.1, -0.05) is 24.3 Å². The molecule has 23 heavy (non-hydrogen) atoms. The summed E-state index contributed by atoms with van der Waals surface area (Å²) in [6.07, 6.45) is 3.69. The van der Waals surface area contributed by atoms with Gasteiger partial charge in [-0.05, 0) is 43.9 Å². The van der Waals surface area contributed by atoms with E-state index in [0.29, 0.717) is 18.1 Å². The molecule has 1 unspecified atom stereocenters. The Hall–Kier alpha value is -2.36. The van der Waals surface area contributed by atoms with E-state index >= 15 is 0 Å². The summed E-state index contributed by atoms with van der Waals surface area (Å²) in [5.41, 5.74) is 3.13. The van der Waals surface area contributed by atoms with Gasteiger partial charge in [0.15, 0.2) is 0 Å². The molecule has 0 N–H and O–H groups in total. The zero-order chi connectivity index (χ0) is 16.2. The Morgan fingerprint density at radius 1 is 1.35 bits per heavy atom. The molecule has 1 aromatic heterocycles. The maximum absolute atomic E-state index is 12.9. The van der Waals surface area contributed by atoms with E-state index in [1.807, 2.05) is 24.0 Å². The number of aromatic nitrogens is 1. The van der Waals surface area contributed by atoms with Crippen molar-refractivity contribution in [3.8, 4) is 5.88 Å². The number of rotatable bonds is 4. The number of benzene rings is 1. The van der Waals surface area contributed by atoms with Crippen molar-refractivity contribution in [3.63, 3.8) is 0 Å². The van der Waals surface area contributed by atoms with Crippen LogP contribution in [0.1, 0.15) is 47.3 Å². The summed E-state index contributed by atoms with van der Waals surface area (Å²) in [4.78, 5) is 19.1. The van der Waals surface area contributed by atoms with Crippen molar-refractivity contribution in [2.45, 2.75) is 32.7 Å². The monoisotopic (exact) mass is 310 g/mol. The van der Waals surface area contributed by atoms with Gasteiger partial charge in [-0.25, -0.2) is 4.98 Å². The highest BCUT2D eigenvalue weighted by atomic mass is 16.5. The molecule has 120 valence electrons. The lowest BCUT2D eigenvalue weighted by Gasteiger charge is -2.26. The lowest BCUT2D eigenvalue weighted by atomic mass is 9.99. The third-order valence-electron chi connectivity index (χ3n) is 4.34. The van der Waals surface area contributed by atoms with Gasteiger partial charge in [0.25, 0.3) is 5.91 Å². The molecule has 2 aromatic rings. The van der Waals surface area contributed by atoms with Crippen molar-refractivity contribution in [1.29, 1.82) is 0 Å². The van der Waals surface area contributed by atoms with Crippen LogP contribution in [-0.2, 0) is 0 Å². The quantitative estimate of drug-likeness (QED) is 0.863. The van der Waals surface area contributed by atoms with Crippen molar-refractivity contribution in [1.82, 2.24) is 9.88 Å². The highest BCUT2D eigenvalue weighted by Gasteiger charge is 2.31. The maximum atomic E-state index is 12.9. The van der Waals surface area contributed by atoms with E-state index in [4.69, 9.17) is 4.74 Å². The van der Waals surface area contributed by atoms with E-state index < -0.39 is 0 Å². The number of amides is 1. The van der Waals surface area contributed by atoms with Gasteiger partial charge in [-0.15, -0.1) is 0 Å². The number of carbonyl (C=O) groups excluding carboxylic acids is 1. The van der Waals surface area contributed by atoms with E-state index in [9.17, 15) is 4.79 Å². The minimum Gasteiger partial charge on any atom is -0.478 e. The summed E-state index contributed by atoms with van der Waals surface area (Å²) < 4.78 is 5.41. The number of likely N-dealkylation sites (tertiary alicyclic amines) is 1. The first-order valence-corrected chi connectivity index (χ1v) is 8.16. The molecule has 1 aliphatic rings. The molecule has 0 bridgehead atoms. The summed E-state index contributed by atoms with van der Waals surface area (Å²) in [6, 6.07) is 12.0. The van der Waals surface area contributed by atoms with Crippen LogP contribution in [0, 0.1) is 6.92 Å². The van der Waals surface area contributed by atoms with Gasteiger partial charge in [0, 0.05) is 24.4 Å². The molecule has 1 aliphatic heterocycles. The minimum absolute atomic E-state index is 0.0547. The van der Waals surface area contributed by atoms with Crippen LogP contribution in [0.15, 0.2) is 42.6 Å². The zero-order valence-electron chi connectivity index (χ0n) is 13.7. The number of hydrogen-bond acceptors (Lipinski definition) is 3. The van der Waals surface area contributed by atoms with Gasteiger partial charge < -0.3 is 9.64 Å². The lowest BCUT2D eigenvalue weighted by Crippen LogP contribution is -2.31. The minimum atomic E-state index is 0.0547. The number of ether oxygens (including phenoxy) is 1. The van der Waals surface area contributed by atoms with E-state index in [1.165, 1.54) is 11.1 Å². The third-order valence-corrected chi connectivity index (χ3v) is 4.34. The third kappa shape index (κ3) is 3.21. The summed E-state index contributed by atoms with van der Waals surface area (Å²) >= 11 is 0. The fraction of sp³-hybridized carbons (Fsp3) is 0.368. The van der Waals surface area contributed by atoms with Crippen LogP contribution in [0.2, 0.25) is 0 Å². The van der Waals surface area contributed by atoms with Crippen LogP contribution in [-0.4, -0.2) is 28.9 Å². The Balaban J connectivity index is 1.86. The van der Waals surface area contributed by atoms with Crippen molar-refractivity contribution >= 4 is 5.91 Å². The second kappa shape index (κ2) is 6.82. The second-order valence-corrected chi connectivity index (χ2v) is 5.83. The highest BCUT2D eigenvalue weighted by Crippen LogP contribution is 2.34. The average Bonchev–Trinajstić information content (AvgIpc) is 3.04. The van der Waals surface area contributed by atoms with E-state index in [0.717, 1.165) is 19.4 Å². The first kappa shape index (κ1) is 15.5. The molecule has 1 fully saturated rings. The summed E-state index contributed by atoms with van der Waals surface area (Å²) in [7, 11) is 0. The Bertz CT molecular complexity index is 699. The fourth-order valence-corrected chi connectivity index (χ4v) is 3.23. The van der Waals surface area contributed by atoms with E-state index in [1.54, 1.807) is 18.3 Å². The molecule has 0 spiro atoms. The molecular formula is C19H22N2O2. The molecule has 1 atom stereocenters. The smallest absolute Gasteiger partial charge is 0.254 e. The Morgan fingerprint density at radius 2 is 2.17 bits per heavy atom. The topological polar surface area (TPSA) is 42.4 Å². The predicted octanol–water partition coefficient (Wildman–Crippen LogP) is 3.77.